The lowest BCUT2D eigenvalue weighted by molar-refractivity contribution is -0.928. The van der Waals surface area contributed by atoms with E-state index < -0.39 is 0 Å². The number of rotatable bonds is 8. The van der Waals surface area contributed by atoms with E-state index in [9.17, 15) is 4.79 Å². The molecule has 1 saturated heterocycles. The molecule has 154 valence electrons. The number of anilines is 1. The van der Waals surface area contributed by atoms with Gasteiger partial charge in [-0.05, 0) is 19.1 Å². The van der Waals surface area contributed by atoms with Gasteiger partial charge >= 0.3 is 0 Å². The molecule has 0 spiro atoms. The van der Waals surface area contributed by atoms with Crippen LogP contribution in [0.15, 0.2) is 59.7 Å². The monoisotopic (exact) mass is 397 g/mol. The number of hydrazone groups is 1. The van der Waals surface area contributed by atoms with E-state index in [-0.39, 0.29) is 18.5 Å². The first-order valence-corrected chi connectivity index (χ1v) is 9.86. The van der Waals surface area contributed by atoms with E-state index >= 15 is 0 Å². The Morgan fingerprint density at radius 3 is 2.55 bits per heavy atom. The summed E-state index contributed by atoms with van der Waals surface area (Å²) in [6, 6.07) is 17.9. The summed E-state index contributed by atoms with van der Waals surface area (Å²) in [6.45, 7) is 5.37. The summed E-state index contributed by atoms with van der Waals surface area (Å²) in [5.74, 6) is 0.485. The molecule has 1 atom stereocenters. The lowest BCUT2D eigenvalue weighted by atomic mass is 10.0. The first-order valence-electron chi connectivity index (χ1n) is 9.86. The van der Waals surface area contributed by atoms with Crippen molar-refractivity contribution in [1.82, 2.24) is 5.43 Å². The van der Waals surface area contributed by atoms with Gasteiger partial charge in [0.05, 0.1) is 38.3 Å². The standard InChI is InChI=1S/C22H28N4O3/c1-17(22(18-8-4-3-5-9-18)26-12-14-29-15-13-26)24-25-21(27)16-23-19-10-6-7-11-20(19)28-2/h3-11,22-23H,12-16H2,1-2H3,(H,25,27)/p+1/b24-17-/t22-/m0/s1. The van der Waals surface area contributed by atoms with E-state index in [1.54, 1.807) is 7.11 Å². The first kappa shape index (κ1) is 20.8. The maximum absolute atomic E-state index is 12.3. The van der Waals surface area contributed by atoms with Gasteiger partial charge in [-0.1, -0.05) is 42.5 Å². The number of nitrogens with zero attached hydrogens (tertiary/aromatic N) is 1. The van der Waals surface area contributed by atoms with Crippen molar-refractivity contribution in [1.29, 1.82) is 0 Å². The Kier molecular flexibility index (Phi) is 7.61. The van der Waals surface area contributed by atoms with Crippen LogP contribution in [-0.2, 0) is 9.53 Å². The predicted molar refractivity (Wildman–Crippen MR) is 113 cm³/mol. The van der Waals surface area contributed by atoms with Gasteiger partial charge in [0.2, 0.25) is 0 Å². The minimum absolute atomic E-state index is 0.0857. The zero-order valence-electron chi connectivity index (χ0n) is 17.0. The number of carbonyl (C=O) groups excluding carboxylic acids is 1. The number of para-hydroxylation sites is 2. The average Bonchev–Trinajstić information content (AvgIpc) is 2.78. The van der Waals surface area contributed by atoms with Crippen LogP contribution in [0.5, 0.6) is 5.75 Å². The normalized spacial score (nSPS) is 16.1. The molecule has 3 N–H and O–H groups in total. The first-order chi connectivity index (χ1) is 14.2. The van der Waals surface area contributed by atoms with Crippen LogP contribution < -0.4 is 20.4 Å². The Morgan fingerprint density at radius 1 is 1.14 bits per heavy atom. The molecular weight excluding hydrogens is 368 g/mol. The van der Waals surface area contributed by atoms with Crippen LogP contribution in [0.2, 0.25) is 0 Å². The molecule has 1 heterocycles. The van der Waals surface area contributed by atoms with Crippen molar-refractivity contribution in [3.8, 4) is 5.75 Å². The van der Waals surface area contributed by atoms with E-state index in [0.717, 1.165) is 37.7 Å². The van der Waals surface area contributed by atoms with Gasteiger partial charge in [0.1, 0.15) is 18.8 Å². The third-order valence-electron chi connectivity index (χ3n) is 5.00. The number of quaternary nitrogens is 1. The quantitative estimate of drug-likeness (QED) is 0.463. The summed E-state index contributed by atoms with van der Waals surface area (Å²) in [7, 11) is 1.60. The minimum atomic E-state index is -0.209. The minimum Gasteiger partial charge on any atom is -0.495 e. The number of amides is 1. The van der Waals surface area contributed by atoms with Crippen LogP contribution in [0.25, 0.3) is 0 Å². The van der Waals surface area contributed by atoms with Crippen LogP contribution in [-0.4, -0.2) is 51.6 Å². The van der Waals surface area contributed by atoms with E-state index in [4.69, 9.17) is 9.47 Å². The molecule has 7 nitrogen and oxygen atoms in total. The van der Waals surface area contributed by atoms with Crippen LogP contribution in [0, 0.1) is 0 Å². The Morgan fingerprint density at radius 2 is 1.83 bits per heavy atom. The fourth-order valence-corrected chi connectivity index (χ4v) is 3.56. The Hall–Kier alpha value is -2.90. The third-order valence-corrected chi connectivity index (χ3v) is 5.00. The maximum atomic E-state index is 12.3. The lowest BCUT2D eigenvalue weighted by Gasteiger charge is -2.31. The molecule has 0 saturated carbocycles. The molecule has 0 bridgehead atoms. The highest BCUT2D eigenvalue weighted by molar-refractivity contribution is 5.89. The number of morpholine rings is 1. The number of ether oxygens (including phenoxy) is 2. The second-order valence-electron chi connectivity index (χ2n) is 6.96. The number of nitrogens with one attached hydrogen (secondary N) is 3. The third kappa shape index (κ3) is 5.79. The highest BCUT2D eigenvalue weighted by atomic mass is 16.5. The highest BCUT2D eigenvalue weighted by Crippen LogP contribution is 2.22. The average molecular weight is 397 g/mol. The summed E-state index contributed by atoms with van der Waals surface area (Å²) < 4.78 is 10.8. The van der Waals surface area contributed by atoms with E-state index in [1.165, 1.54) is 10.5 Å². The zero-order chi connectivity index (χ0) is 20.5. The van der Waals surface area contributed by atoms with Gasteiger partial charge in [-0.3, -0.25) is 4.79 Å². The molecule has 2 aromatic rings. The Bertz CT molecular complexity index is 820. The largest absolute Gasteiger partial charge is 0.495 e. The van der Waals surface area contributed by atoms with Crippen molar-refractivity contribution in [2.75, 3.05) is 45.3 Å². The molecule has 1 aliphatic heterocycles. The van der Waals surface area contributed by atoms with Crippen molar-refractivity contribution in [3.63, 3.8) is 0 Å². The molecule has 0 unspecified atom stereocenters. The van der Waals surface area contributed by atoms with Gasteiger partial charge in [0, 0.05) is 5.56 Å². The lowest BCUT2D eigenvalue weighted by Crippen LogP contribution is -3.15. The number of hydrogen-bond donors (Lipinski definition) is 3. The molecule has 7 heteroatoms. The summed E-state index contributed by atoms with van der Waals surface area (Å²) in [5.41, 5.74) is 5.51. The van der Waals surface area contributed by atoms with Crippen LogP contribution in [0.1, 0.15) is 18.5 Å². The molecule has 29 heavy (non-hydrogen) atoms. The van der Waals surface area contributed by atoms with Gasteiger partial charge in [-0.25, -0.2) is 5.43 Å². The molecular formula is C22H29N4O3+. The number of hydrogen-bond acceptors (Lipinski definition) is 5. The van der Waals surface area contributed by atoms with Crippen LogP contribution >= 0.6 is 0 Å². The molecule has 1 aliphatic rings. The second kappa shape index (κ2) is 10.6. The van der Waals surface area contributed by atoms with Gasteiger partial charge in [-0.15, -0.1) is 0 Å². The Labute approximate surface area is 171 Å². The van der Waals surface area contributed by atoms with Crippen molar-refractivity contribution >= 4 is 17.3 Å². The van der Waals surface area contributed by atoms with Crippen molar-refractivity contribution in [2.24, 2.45) is 5.10 Å². The van der Waals surface area contributed by atoms with Gasteiger partial charge in [0.15, 0.2) is 6.04 Å². The fraction of sp³-hybridized carbons (Fsp3) is 0.364. The zero-order valence-corrected chi connectivity index (χ0v) is 17.0. The summed E-state index contributed by atoms with van der Waals surface area (Å²) in [4.78, 5) is 13.7. The maximum Gasteiger partial charge on any atom is 0.259 e. The van der Waals surface area contributed by atoms with Crippen molar-refractivity contribution < 1.29 is 19.2 Å². The molecule has 2 aromatic carbocycles. The molecule has 0 aliphatic carbocycles. The fourth-order valence-electron chi connectivity index (χ4n) is 3.56. The topological polar surface area (TPSA) is 76.4 Å². The number of benzene rings is 2. The number of methoxy groups -OCH3 is 1. The molecule has 0 radical (unpaired) electrons. The second-order valence-corrected chi connectivity index (χ2v) is 6.96. The predicted octanol–water partition coefficient (Wildman–Crippen LogP) is 1.26. The SMILES string of the molecule is COc1ccccc1NCC(=O)N/N=C(/C)[C@@H](c1ccccc1)[NH+]1CCOCC1. The Balaban J connectivity index is 1.64. The summed E-state index contributed by atoms with van der Waals surface area (Å²) in [5, 5.41) is 7.50. The van der Waals surface area contributed by atoms with Gasteiger partial charge in [0.25, 0.3) is 5.91 Å². The van der Waals surface area contributed by atoms with Crippen LogP contribution in [0.3, 0.4) is 0 Å². The van der Waals surface area contributed by atoms with Crippen LogP contribution in [0.4, 0.5) is 5.69 Å². The smallest absolute Gasteiger partial charge is 0.259 e. The van der Waals surface area contributed by atoms with Gasteiger partial charge in [-0.2, -0.15) is 5.10 Å². The molecule has 1 amide bonds. The van der Waals surface area contributed by atoms with Crippen molar-refractivity contribution in [3.05, 3.63) is 60.2 Å². The number of carbonyl (C=O) groups is 1. The molecule has 1 fully saturated rings. The van der Waals surface area contributed by atoms with E-state index in [1.807, 2.05) is 49.4 Å². The molecule has 0 aromatic heterocycles. The van der Waals surface area contributed by atoms with E-state index in [0.29, 0.717) is 5.75 Å². The van der Waals surface area contributed by atoms with E-state index in [2.05, 4.69) is 28.0 Å². The highest BCUT2D eigenvalue weighted by Gasteiger charge is 2.29. The molecule has 3 rings (SSSR count). The summed E-state index contributed by atoms with van der Waals surface area (Å²) >= 11 is 0. The van der Waals surface area contributed by atoms with Gasteiger partial charge < -0.3 is 19.7 Å². The van der Waals surface area contributed by atoms with Crippen molar-refractivity contribution in [2.45, 2.75) is 13.0 Å². The summed E-state index contributed by atoms with van der Waals surface area (Å²) in [6.07, 6.45) is 0.